The van der Waals surface area contributed by atoms with E-state index >= 15 is 0 Å². The minimum absolute atomic E-state index is 0. The van der Waals surface area contributed by atoms with Crippen molar-refractivity contribution in [3.05, 3.63) is 48.0 Å². The topological polar surface area (TPSA) is 32.3 Å². The van der Waals surface area contributed by atoms with Crippen molar-refractivity contribution in [1.82, 2.24) is 10.2 Å². The highest BCUT2D eigenvalue weighted by atomic mass is 35.5. The lowest BCUT2D eigenvalue weighted by Crippen LogP contribution is -2.56. The first-order chi connectivity index (χ1) is 10.1. The van der Waals surface area contributed by atoms with Crippen LogP contribution in [0.15, 0.2) is 42.5 Å². The maximum absolute atomic E-state index is 12.6. The minimum Gasteiger partial charge on any atom is -0.339 e. The van der Waals surface area contributed by atoms with Gasteiger partial charge in [-0.1, -0.05) is 42.5 Å². The molecule has 1 N–H and O–H groups in total. The molecule has 0 saturated carbocycles. The van der Waals surface area contributed by atoms with Gasteiger partial charge in [0.2, 0.25) is 5.91 Å². The Morgan fingerprint density at radius 3 is 2.45 bits per heavy atom. The number of nitrogens with zero attached hydrogens (tertiary/aromatic N) is 1. The van der Waals surface area contributed by atoms with E-state index < -0.39 is 0 Å². The Labute approximate surface area is 138 Å². The number of fused-ring (bicyclic) bond motifs is 1. The van der Waals surface area contributed by atoms with Gasteiger partial charge in [0, 0.05) is 25.2 Å². The van der Waals surface area contributed by atoms with Gasteiger partial charge in [-0.05, 0) is 30.2 Å². The van der Waals surface area contributed by atoms with Crippen molar-refractivity contribution < 1.29 is 4.79 Å². The predicted octanol–water partition coefficient (Wildman–Crippen LogP) is 3.01. The van der Waals surface area contributed by atoms with Crippen LogP contribution in [0.4, 0.5) is 0 Å². The van der Waals surface area contributed by atoms with Crippen LogP contribution in [0.25, 0.3) is 10.8 Å². The molecule has 2 aromatic rings. The maximum atomic E-state index is 12.6. The summed E-state index contributed by atoms with van der Waals surface area (Å²) in [6.07, 6.45) is 0.487. The van der Waals surface area contributed by atoms with Gasteiger partial charge in [-0.15, -0.1) is 12.4 Å². The average Bonchev–Trinajstić information content (AvgIpc) is 2.46. The molecule has 0 spiro atoms. The fourth-order valence-electron chi connectivity index (χ4n) is 3.25. The summed E-state index contributed by atoms with van der Waals surface area (Å²) in [4.78, 5) is 14.6. The molecule has 3 rings (SSSR count). The summed E-state index contributed by atoms with van der Waals surface area (Å²) in [6, 6.07) is 15.2. The van der Waals surface area contributed by atoms with Crippen LogP contribution in [0.1, 0.15) is 19.4 Å². The number of hydrogen-bond acceptors (Lipinski definition) is 2. The van der Waals surface area contributed by atoms with Gasteiger partial charge >= 0.3 is 0 Å². The smallest absolute Gasteiger partial charge is 0.227 e. The molecular formula is C18H23ClN2O. The van der Waals surface area contributed by atoms with Crippen molar-refractivity contribution in [2.75, 3.05) is 13.1 Å². The highest BCUT2D eigenvalue weighted by Gasteiger charge is 2.24. The van der Waals surface area contributed by atoms with Gasteiger partial charge in [0.05, 0.1) is 6.42 Å². The van der Waals surface area contributed by atoms with Crippen molar-refractivity contribution in [3.8, 4) is 0 Å². The summed E-state index contributed by atoms with van der Waals surface area (Å²) in [7, 11) is 0. The lowest BCUT2D eigenvalue weighted by Gasteiger charge is -2.36. The summed E-state index contributed by atoms with van der Waals surface area (Å²) in [5.41, 5.74) is 1.12. The van der Waals surface area contributed by atoms with Crippen LogP contribution in [-0.2, 0) is 11.2 Å². The van der Waals surface area contributed by atoms with Crippen molar-refractivity contribution in [2.45, 2.75) is 32.4 Å². The maximum Gasteiger partial charge on any atom is 0.227 e. The first-order valence-electron chi connectivity index (χ1n) is 7.64. The summed E-state index contributed by atoms with van der Waals surface area (Å²) in [5, 5.41) is 5.85. The molecule has 1 aliphatic heterocycles. The molecule has 1 heterocycles. The Hall–Kier alpha value is -1.58. The zero-order valence-electron chi connectivity index (χ0n) is 13.1. The van der Waals surface area contributed by atoms with E-state index in [4.69, 9.17) is 0 Å². The molecule has 2 unspecified atom stereocenters. The third-order valence-corrected chi connectivity index (χ3v) is 4.13. The second kappa shape index (κ2) is 7.12. The highest BCUT2D eigenvalue weighted by Crippen LogP contribution is 2.20. The van der Waals surface area contributed by atoms with E-state index in [1.807, 2.05) is 23.1 Å². The molecule has 2 atom stereocenters. The number of carbonyl (C=O) groups excluding carboxylic acids is 1. The van der Waals surface area contributed by atoms with Crippen LogP contribution in [0.5, 0.6) is 0 Å². The van der Waals surface area contributed by atoms with Gasteiger partial charge < -0.3 is 10.2 Å². The molecule has 4 heteroatoms. The first kappa shape index (κ1) is 16.8. The van der Waals surface area contributed by atoms with E-state index in [1.165, 1.54) is 10.8 Å². The lowest BCUT2D eigenvalue weighted by molar-refractivity contribution is -0.132. The third-order valence-electron chi connectivity index (χ3n) is 4.13. The first-order valence-corrected chi connectivity index (χ1v) is 7.64. The minimum atomic E-state index is 0. The Morgan fingerprint density at radius 2 is 1.73 bits per heavy atom. The number of carbonyl (C=O) groups is 1. The standard InChI is InChI=1S/C18H22N2O.ClH/c1-13-11-20(12-14(2)19-13)18(21)10-16-8-5-7-15-6-3-4-9-17(15)16;/h3-9,13-14,19H,10-12H2,1-2H3;1H. The number of hydrogen-bond donors (Lipinski definition) is 1. The van der Waals surface area contributed by atoms with Gasteiger partial charge in [-0.2, -0.15) is 0 Å². The van der Waals surface area contributed by atoms with E-state index in [1.54, 1.807) is 0 Å². The second-order valence-corrected chi connectivity index (χ2v) is 6.08. The van der Waals surface area contributed by atoms with Crippen LogP contribution in [0.3, 0.4) is 0 Å². The summed E-state index contributed by atoms with van der Waals surface area (Å²) < 4.78 is 0. The number of amides is 1. The van der Waals surface area contributed by atoms with Crippen molar-refractivity contribution in [3.63, 3.8) is 0 Å². The summed E-state index contributed by atoms with van der Waals surface area (Å²) >= 11 is 0. The second-order valence-electron chi connectivity index (χ2n) is 6.08. The molecule has 2 aromatic carbocycles. The highest BCUT2D eigenvalue weighted by molar-refractivity contribution is 5.90. The molecule has 1 amide bonds. The zero-order chi connectivity index (χ0) is 14.8. The van der Waals surface area contributed by atoms with Gasteiger partial charge in [-0.25, -0.2) is 0 Å². The van der Waals surface area contributed by atoms with E-state index in [0.29, 0.717) is 18.5 Å². The fraction of sp³-hybridized carbons (Fsp3) is 0.389. The van der Waals surface area contributed by atoms with E-state index in [2.05, 4.69) is 43.4 Å². The van der Waals surface area contributed by atoms with Crippen LogP contribution in [-0.4, -0.2) is 36.0 Å². The summed E-state index contributed by atoms with van der Waals surface area (Å²) in [6.45, 7) is 5.86. The van der Waals surface area contributed by atoms with Crippen LogP contribution < -0.4 is 5.32 Å². The monoisotopic (exact) mass is 318 g/mol. The summed E-state index contributed by atoms with van der Waals surface area (Å²) in [5.74, 6) is 0.228. The number of piperazine rings is 1. The SMILES string of the molecule is CC1CN(C(=O)Cc2cccc3ccccc23)CC(C)N1.Cl. The average molecular weight is 319 g/mol. The number of benzene rings is 2. The Balaban J connectivity index is 0.00000176. The quantitative estimate of drug-likeness (QED) is 0.923. The number of rotatable bonds is 2. The zero-order valence-corrected chi connectivity index (χ0v) is 13.9. The van der Waals surface area contributed by atoms with Gasteiger partial charge in [0.25, 0.3) is 0 Å². The third kappa shape index (κ3) is 3.60. The normalized spacial score (nSPS) is 21.5. The van der Waals surface area contributed by atoms with Crippen LogP contribution in [0.2, 0.25) is 0 Å². The molecule has 118 valence electrons. The Bertz CT molecular complexity index is 643. The van der Waals surface area contributed by atoms with E-state index in [9.17, 15) is 4.79 Å². The number of nitrogens with one attached hydrogen (secondary N) is 1. The Morgan fingerprint density at radius 1 is 1.09 bits per heavy atom. The molecule has 0 aromatic heterocycles. The lowest BCUT2D eigenvalue weighted by atomic mass is 10.0. The molecule has 0 bridgehead atoms. The molecule has 3 nitrogen and oxygen atoms in total. The van der Waals surface area contributed by atoms with Crippen molar-refractivity contribution in [2.24, 2.45) is 0 Å². The molecule has 22 heavy (non-hydrogen) atoms. The molecule has 1 saturated heterocycles. The van der Waals surface area contributed by atoms with Crippen LogP contribution in [0, 0.1) is 0 Å². The van der Waals surface area contributed by atoms with Gasteiger partial charge in [0.1, 0.15) is 0 Å². The molecular weight excluding hydrogens is 296 g/mol. The molecule has 1 fully saturated rings. The van der Waals surface area contributed by atoms with E-state index in [-0.39, 0.29) is 18.3 Å². The largest absolute Gasteiger partial charge is 0.339 e. The molecule has 0 radical (unpaired) electrons. The molecule has 0 aliphatic carbocycles. The predicted molar refractivity (Wildman–Crippen MR) is 93.5 cm³/mol. The van der Waals surface area contributed by atoms with Crippen molar-refractivity contribution in [1.29, 1.82) is 0 Å². The molecule has 1 aliphatic rings. The Kier molecular flexibility index (Phi) is 5.43. The van der Waals surface area contributed by atoms with Gasteiger partial charge in [0.15, 0.2) is 0 Å². The fourth-order valence-corrected chi connectivity index (χ4v) is 3.25. The number of halogens is 1. The van der Waals surface area contributed by atoms with Gasteiger partial charge in [-0.3, -0.25) is 4.79 Å². The van der Waals surface area contributed by atoms with Crippen molar-refractivity contribution >= 4 is 29.1 Å². The van der Waals surface area contributed by atoms with Crippen LogP contribution >= 0.6 is 12.4 Å². The van der Waals surface area contributed by atoms with E-state index in [0.717, 1.165) is 18.7 Å².